The van der Waals surface area contributed by atoms with Crippen molar-refractivity contribution in [3.63, 3.8) is 0 Å². The number of carbonyl (C=O) groups is 2. The maximum Gasteiger partial charge on any atom is 0.305 e. The SMILES string of the molecule is CCC(=O)OC1CCC(=O)C1CC(OC)OC. The molecule has 98 valence electrons. The van der Waals surface area contributed by atoms with E-state index in [1.807, 2.05) is 0 Å². The summed E-state index contributed by atoms with van der Waals surface area (Å²) < 4.78 is 15.4. The third-order valence-electron chi connectivity index (χ3n) is 3.08. The molecule has 0 amide bonds. The first-order chi connectivity index (χ1) is 8.12. The van der Waals surface area contributed by atoms with Gasteiger partial charge in [0.2, 0.25) is 0 Å². The summed E-state index contributed by atoms with van der Waals surface area (Å²) in [6.07, 6.45) is 1.10. The van der Waals surface area contributed by atoms with E-state index in [0.29, 0.717) is 25.7 Å². The van der Waals surface area contributed by atoms with Crippen LogP contribution in [0.15, 0.2) is 0 Å². The Morgan fingerprint density at radius 3 is 2.59 bits per heavy atom. The molecule has 17 heavy (non-hydrogen) atoms. The van der Waals surface area contributed by atoms with Crippen LogP contribution in [0, 0.1) is 5.92 Å². The molecular weight excluding hydrogens is 224 g/mol. The third kappa shape index (κ3) is 3.78. The second kappa shape index (κ2) is 6.71. The maximum atomic E-state index is 11.7. The van der Waals surface area contributed by atoms with Crippen LogP contribution in [-0.2, 0) is 23.8 Å². The summed E-state index contributed by atoms with van der Waals surface area (Å²) in [7, 11) is 3.06. The van der Waals surface area contributed by atoms with Gasteiger partial charge in [0.1, 0.15) is 11.9 Å². The van der Waals surface area contributed by atoms with Gasteiger partial charge in [-0.15, -0.1) is 0 Å². The van der Waals surface area contributed by atoms with E-state index < -0.39 is 6.29 Å². The van der Waals surface area contributed by atoms with Crippen LogP contribution in [0.25, 0.3) is 0 Å². The van der Waals surface area contributed by atoms with Gasteiger partial charge in [0.05, 0.1) is 5.92 Å². The van der Waals surface area contributed by atoms with Crippen molar-refractivity contribution >= 4 is 11.8 Å². The standard InChI is InChI=1S/C12H20O5/c1-4-11(14)17-10-6-5-9(13)8(10)7-12(15-2)16-3/h8,10,12H,4-7H2,1-3H3. The Labute approximate surface area is 101 Å². The molecule has 1 rings (SSSR count). The summed E-state index contributed by atoms with van der Waals surface area (Å²) in [6.45, 7) is 1.74. The first kappa shape index (κ1) is 14.1. The number of ketones is 1. The van der Waals surface area contributed by atoms with Crippen molar-refractivity contribution < 1.29 is 23.8 Å². The fourth-order valence-electron chi connectivity index (χ4n) is 2.05. The summed E-state index contributed by atoms with van der Waals surface area (Å²) in [4.78, 5) is 23.0. The zero-order valence-electron chi connectivity index (χ0n) is 10.6. The zero-order valence-corrected chi connectivity index (χ0v) is 10.6. The average molecular weight is 244 g/mol. The molecule has 0 aromatic rings. The molecule has 1 saturated carbocycles. The van der Waals surface area contributed by atoms with E-state index in [1.54, 1.807) is 6.92 Å². The highest BCUT2D eigenvalue weighted by atomic mass is 16.7. The Morgan fingerprint density at radius 2 is 2.06 bits per heavy atom. The second-order valence-corrected chi connectivity index (χ2v) is 4.13. The molecule has 0 spiro atoms. The number of hydrogen-bond acceptors (Lipinski definition) is 5. The molecule has 0 saturated heterocycles. The van der Waals surface area contributed by atoms with Crippen LogP contribution in [-0.4, -0.2) is 38.4 Å². The molecular formula is C12H20O5. The Balaban J connectivity index is 2.58. The smallest absolute Gasteiger partial charge is 0.305 e. The monoisotopic (exact) mass is 244 g/mol. The summed E-state index contributed by atoms with van der Waals surface area (Å²) in [5, 5.41) is 0. The van der Waals surface area contributed by atoms with E-state index >= 15 is 0 Å². The molecule has 1 fully saturated rings. The minimum absolute atomic E-state index is 0.123. The highest BCUT2D eigenvalue weighted by Gasteiger charge is 2.38. The number of hydrogen-bond donors (Lipinski definition) is 0. The predicted octanol–water partition coefficient (Wildman–Crippen LogP) is 1.30. The Kier molecular flexibility index (Phi) is 5.58. The summed E-state index contributed by atoms with van der Waals surface area (Å²) in [6, 6.07) is 0. The minimum atomic E-state index is -0.426. The molecule has 0 aromatic carbocycles. The summed E-state index contributed by atoms with van der Waals surface area (Å²) in [5.74, 6) is -0.436. The predicted molar refractivity (Wildman–Crippen MR) is 60.3 cm³/mol. The largest absolute Gasteiger partial charge is 0.462 e. The van der Waals surface area contributed by atoms with E-state index in [2.05, 4.69) is 0 Å². The Hall–Kier alpha value is -0.940. The van der Waals surface area contributed by atoms with Crippen molar-refractivity contribution in [1.82, 2.24) is 0 Å². The highest BCUT2D eigenvalue weighted by Crippen LogP contribution is 2.30. The van der Waals surface area contributed by atoms with E-state index in [1.165, 1.54) is 14.2 Å². The van der Waals surface area contributed by atoms with Gasteiger partial charge < -0.3 is 14.2 Å². The lowest BCUT2D eigenvalue weighted by molar-refractivity contribution is -0.156. The molecule has 5 heteroatoms. The van der Waals surface area contributed by atoms with Gasteiger partial charge in [0.25, 0.3) is 0 Å². The van der Waals surface area contributed by atoms with Gasteiger partial charge in [-0.1, -0.05) is 6.92 Å². The number of rotatable bonds is 6. The van der Waals surface area contributed by atoms with Crippen LogP contribution in [0.3, 0.4) is 0 Å². The van der Waals surface area contributed by atoms with E-state index in [-0.39, 0.29) is 23.8 Å². The lowest BCUT2D eigenvalue weighted by atomic mass is 10.0. The molecule has 2 unspecified atom stereocenters. The normalized spacial score (nSPS) is 24.4. The van der Waals surface area contributed by atoms with Crippen molar-refractivity contribution in [2.24, 2.45) is 5.92 Å². The fraction of sp³-hybridized carbons (Fsp3) is 0.833. The van der Waals surface area contributed by atoms with Crippen LogP contribution in [0.2, 0.25) is 0 Å². The van der Waals surface area contributed by atoms with Gasteiger partial charge in [-0.25, -0.2) is 0 Å². The first-order valence-corrected chi connectivity index (χ1v) is 5.90. The summed E-state index contributed by atoms with van der Waals surface area (Å²) in [5.41, 5.74) is 0. The number of ether oxygens (including phenoxy) is 3. The van der Waals surface area contributed by atoms with Crippen molar-refractivity contribution in [2.75, 3.05) is 14.2 Å². The van der Waals surface area contributed by atoms with E-state index in [0.717, 1.165) is 0 Å². The van der Waals surface area contributed by atoms with Crippen molar-refractivity contribution in [3.05, 3.63) is 0 Å². The molecule has 0 aliphatic heterocycles. The van der Waals surface area contributed by atoms with Crippen molar-refractivity contribution in [1.29, 1.82) is 0 Å². The van der Waals surface area contributed by atoms with Gasteiger partial charge in [0.15, 0.2) is 6.29 Å². The number of methoxy groups -OCH3 is 2. The summed E-state index contributed by atoms with van der Waals surface area (Å²) >= 11 is 0. The van der Waals surface area contributed by atoms with Crippen LogP contribution >= 0.6 is 0 Å². The molecule has 0 heterocycles. The van der Waals surface area contributed by atoms with Gasteiger partial charge in [-0.2, -0.15) is 0 Å². The average Bonchev–Trinajstić information content (AvgIpc) is 2.67. The molecule has 0 bridgehead atoms. The van der Waals surface area contributed by atoms with Crippen LogP contribution in [0.1, 0.15) is 32.6 Å². The van der Waals surface area contributed by atoms with Crippen LogP contribution in [0.4, 0.5) is 0 Å². The Bertz CT molecular complexity index is 272. The Morgan fingerprint density at radius 1 is 1.41 bits per heavy atom. The van der Waals surface area contributed by atoms with Gasteiger partial charge in [-0.3, -0.25) is 9.59 Å². The molecule has 0 N–H and O–H groups in total. The maximum absolute atomic E-state index is 11.7. The first-order valence-electron chi connectivity index (χ1n) is 5.90. The molecule has 0 radical (unpaired) electrons. The van der Waals surface area contributed by atoms with Crippen LogP contribution < -0.4 is 0 Å². The zero-order chi connectivity index (χ0) is 12.8. The molecule has 1 aliphatic rings. The molecule has 1 aliphatic carbocycles. The lowest BCUT2D eigenvalue weighted by Gasteiger charge is -2.22. The lowest BCUT2D eigenvalue weighted by Crippen LogP contribution is -2.30. The fourth-order valence-corrected chi connectivity index (χ4v) is 2.05. The number of carbonyl (C=O) groups excluding carboxylic acids is 2. The third-order valence-corrected chi connectivity index (χ3v) is 3.08. The topological polar surface area (TPSA) is 61.8 Å². The second-order valence-electron chi connectivity index (χ2n) is 4.13. The van der Waals surface area contributed by atoms with Crippen LogP contribution in [0.5, 0.6) is 0 Å². The van der Waals surface area contributed by atoms with Crippen molar-refractivity contribution in [3.8, 4) is 0 Å². The molecule has 0 aromatic heterocycles. The molecule has 2 atom stereocenters. The quantitative estimate of drug-likeness (QED) is 0.520. The van der Waals surface area contributed by atoms with E-state index in [4.69, 9.17) is 14.2 Å². The van der Waals surface area contributed by atoms with E-state index in [9.17, 15) is 9.59 Å². The minimum Gasteiger partial charge on any atom is -0.462 e. The van der Waals surface area contributed by atoms with Gasteiger partial charge in [-0.05, 0) is 6.42 Å². The molecule has 5 nitrogen and oxygen atoms in total. The number of esters is 1. The van der Waals surface area contributed by atoms with Gasteiger partial charge >= 0.3 is 5.97 Å². The van der Waals surface area contributed by atoms with Gasteiger partial charge in [0, 0.05) is 33.5 Å². The number of Topliss-reactive ketones (excluding diaryl/α,β-unsaturated/α-hetero) is 1. The highest BCUT2D eigenvalue weighted by molar-refractivity contribution is 5.84. The van der Waals surface area contributed by atoms with Crippen molar-refractivity contribution in [2.45, 2.75) is 45.0 Å².